The van der Waals surface area contributed by atoms with Crippen LogP contribution < -0.4 is 9.47 Å². The van der Waals surface area contributed by atoms with Crippen LogP contribution in [0.25, 0.3) is 17.2 Å². The zero-order valence-corrected chi connectivity index (χ0v) is 18.9. The van der Waals surface area contributed by atoms with E-state index in [-0.39, 0.29) is 23.9 Å². The highest BCUT2D eigenvalue weighted by atomic mass is 16.5. The number of carbonyl (C=O) groups excluding carboxylic acids is 1. The number of aromatic hydroxyl groups is 1. The average Bonchev–Trinajstić information content (AvgIpc) is 2.82. The molecule has 0 amide bonds. The zero-order valence-electron chi connectivity index (χ0n) is 18.9. The normalized spacial score (nSPS) is 26.8. The first kappa shape index (κ1) is 21.8. The van der Waals surface area contributed by atoms with Gasteiger partial charge in [0.2, 0.25) is 0 Å². The van der Waals surface area contributed by atoms with E-state index < -0.39 is 12.1 Å². The number of nitrogens with zero attached hydrogens (tertiary/aromatic N) is 1. The van der Waals surface area contributed by atoms with Gasteiger partial charge in [0.15, 0.2) is 11.5 Å². The number of methoxy groups -OCH3 is 2. The van der Waals surface area contributed by atoms with E-state index in [0.717, 1.165) is 36.1 Å². The van der Waals surface area contributed by atoms with Crippen molar-refractivity contribution in [1.82, 2.24) is 4.90 Å². The van der Waals surface area contributed by atoms with Gasteiger partial charge < -0.3 is 24.4 Å². The fraction of sp³-hybridized carbons (Fsp3) is 0.423. The van der Waals surface area contributed by atoms with Crippen LogP contribution in [0, 0.1) is 0 Å². The molecule has 4 unspecified atom stereocenters. The number of fused-ring (bicyclic) bond motifs is 9. The van der Waals surface area contributed by atoms with Crippen LogP contribution in [0.1, 0.15) is 42.9 Å². The van der Waals surface area contributed by atoms with Gasteiger partial charge in [-0.05, 0) is 66.4 Å². The van der Waals surface area contributed by atoms with E-state index in [9.17, 15) is 15.0 Å². The van der Waals surface area contributed by atoms with Crippen molar-refractivity contribution in [1.29, 1.82) is 0 Å². The molecule has 2 aromatic carbocycles. The summed E-state index contributed by atoms with van der Waals surface area (Å²) in [7, 11) is 3.19. The minimum Gasteiger partial charge on any atom is -0.507 e. The summed E-state index contributed by atoms with van der Waals surface area (Å²) in [6.07, 6.45) is 5.12. The lowest BCUT2D eigenvalue weighted by atomic mass is 9.80. The minimum absolute atomic E-state index is 0.108. The molecule has 7 heteroatoms. The van der Waals surface area contributed by atoms with Gasteiger partial charge in [-0.15, -0.1) is 0 Å². The summed E-state index contributed by atoms with van der Waals surface area (Å²) in [5.41, 5.74) is 3.21. The molecule has 33 heavy (non-hydrogen) atoms. The molecule has 174 valence electrons. The van der Waals surface area contributed by atoms with Crippen molar-refractivity contribution in [2.45, 2.75) is 50.0 Å². The van der Waals surface area contributed by atoms with Gasteiger partial charge in [-0.2, -0.15) is 0 Å². The van der Waals surface area contributed by atoms with Gasteiger partial charge in [-0.3, -0.25) is 4.90 Å². The summed E-state index contributed by atoms with van der Waals surface area (Å²) in [6, 6.07) is 8.85. The molecular formula is C26H29NO6. The van der Waals surface area contributed by atoms with Gasteiger partial charge in [0.25, 0.3) is 0 Å². The number of ether oxygens (including phenoxy) is 3. The molecule has 4 atom stereocenters. The molecule has 0 radical (unpaired) electrons. The Kier molecular flexibility index (Phi) is 5.76. The lowest BCUT2D eigenvalue weighted by Crippen LogP contribution is -2.55. The number of phenols is 1. The van der Waals surface area contributed by atoms with E-state index in [1.54, 1.807) is 32.4 Å². The number of hydrogen-bond acceptors (Lipinski definition) is 7. The maximum Gasteiger partial charge on any atom is 0.331 e. The number of piperidine rings is 2. The number of rotatable bonds is 2. The third-order valence-electron chi connectivity index (χ3n) is 7.10. The monoisotopic (exact) mass is 451 g/mol. The smallest absolute Gasteiger partial charge is 0.331 e. The summed E-state index contributed by atoms with van der Waals surface area (Å²) in [6.45, 7) is 0.840. The fourth-order valence-electron chi connectivity index (χ4n) is 5.54. The lowest BCUT2D eigenvalue weighted by Gasteiger charge is -2.49. The number of carbonyl (C=O) groups is 1. The van der Waals surface area contributed by atoms with Crippen LogP contribution in [0.5, 0.6) is 17.2 Å². The number of aliphatic hydroxyl groups is 1. The van der Waals surface area contributed by atoms with E-state index in [1.165, 1.54) is 6.08 Å². The number of benzene rings is 2. The van der Waals surface area contributed by atoms with Crippen molar-refractivity contribution in [3.05, 3.63) is 47.5 Å². The quantitative estimate of drug-likeness (QED) is 0.674. The van der Waals surface area contributed by atoms with Gasteiger partial charge in [-0.25, -0.2) is 4.79 Å². The molecule has 5 rings (SSSR count). The first-order valence-corrected chi connectivity index (χ1v) is 11.4. The Morgan fingerprint density at radius 2 is 1.82 bits per heavy atom. The van der Waals surface area contributed by atoms with Crippen LogP contribution >= 0.6 is 0 Å². The maximum atomic E-state index is 12.6. The topological polar surface area (TPSA) is 88.5 Å². The van der Waals surface area contributed by atoms with Gasteiger partial charge in [0, 0.05) is 36.6 Å². The molecule has 0 saturated carbocycles. The van der Waals surface area contributed by atoms with Gasteiger partial charge in [0.1, 0.15) is 11.9 Å². The van der Waals surface area contributed by atoms with Crippen molar-refractivity contribution in [2.75, 3.05) is 20.8 Å². The van der Waals surface area contributed by atoms with Crippen molar-refractivity contribution in [2.24, 2.45) is 0 Å². The highest BCUT2D eigenvalue weighted by Crippen LogP contribution is 2.47. The number of aliphatic hydroxyl groups excluding tert-OH is 1. The predicted octanol–water partition coefficient (Wildman–Crippen LogP) is 3.68. The Labute approximate surface area is 193 Å². The number of hydrogen-bond donors (Lipinski definition) is 2. The second kappa shape index (κ2) is 8.72. The molecule has 3 aliphatic rings. The van der Waals surface area contributed by atoms with Crippen LogP contribution in [0.3, 0.4) is 0 Å². The summed E-state index contributed by atoms with van der Waals surface area (Å²) < 4.78 is 17.0. The van der Waals surface area contributed by atoms with E-state index >= 15 is 0 Å². The second-order valence-corrected chi connectivity index (χ2v) is 8.97. The van der Waals surface area contributed by atoms with Gasteiger partial charge in [-0.1, -0.05) is 6.07 Å². The number of phenolic OH excluding ortho intramolecular Hbond substituents is 1. The molecule has 0 aromatic heterocycles. The third kappa shape index (κ3) is 3.96. The summed E-state index contributed by atoms with van der Waals surface area (Å²) in [4.78, 5) is 14.9. The van der Waals surface area contributed by atoms with E-state index in [1.807, 2.05) is 18.2 Å². The highest BCUT2D eigenvalue weighted by Gasteiger charge is 2.43. The first-order valence-electron chi connectivity index (χ1n) is 11.4. The van der Waals surface area contributed by atoms with Gasteiger partial charge >= 0.3 is 5.97 Å². The van der Waals surface area contributed by atoms with Crippen molar-refractivity contribution < 1.29 is 29.2 Å². The summed E-state index contributed by atoms with van der Waals surface area (Å²) >= 11 is 0. The van der Waals surface area contributed by atoms with E-state index in [0.29, 0.717) is 29.9 Å². The summed E-state index contributed by atoms with van der Waals surface area (Å²) in [5, 5.41) is 21.6. The predicted molar refractivity (Wildman–Crippen MR) is 123 cm³/mol. The van der Waals surface area contributed by atoms with Crippen LogP contribution in [0.2, 0.25) is 0 Å². The largest absolute Gasteiger partial charge is 0.507 e. The molecular weight excluding hydrogens is 422 g/mol. The molecule has 3 aliphatic heterocycles. The Morgan fingerprint density at radius 3 is 2.61 bits per heavy atom. The summed E-state index contributed by atoms with van der Waals surface area (Å²) in [5.74, 6) is 0.896. The van der Waals surface area contributed by atoms with Crippen LogP contribution in [-0.2, 0) is 9.53 Å². The third-order valence-corrected chi connectivity index (χ3v) is 7.10. The minimum atomic E-state index is -0.480. The molecule has 2 N–H and O–H groups in total. The first-order chi connectivity index (χ1) is 16.0. The van der Waals surface area contributed by atoms with Gasteiger partial charge in [0.05, 0.1) is 20.3 Å². The van der Waals surface area contributed by atoms with Crippen molar-refractivity contribution in [3.8, 4) is 28.4 Å². The Bertz CT molecular complexity index is 1100. The lowest BCUT2D eigenvalue weighted by molar-refractivity contribution is -0.151. The van der Waals surface area contributed by atoms with E-state index in [2.05, 4.69) is 4.90 Å². The Hall–Kier alpha value is -3.03. The molecule has 2 fully saturated rings. The molecule has 3 heterocycles. The standard InChI is InChI=1S/C26H29NO6/c1-31-24-13-17-18(14-25(24)32-2)20-11-16(12-21-23(29)4-3-9-27(20)21)33-26(30)8-6-15-5-7-22(28)19(17)10-15/h5-8,10,13-14,16,20-21,23,28-29H,3-4,9,11-12H2,1-2H3. The van der Waals surface area contributed by atoms with E-state index in [4.69, 9.17) is 14.2 Å². The SMILES string of the molecule is COc1cc2c(cc1OC)C1CC(CC3C(O)CCCN13)OC(=O)C=Cc1ccc(O)c-2c1. The number of esters is 1. The fourth-order valence-corrected chi connectivity index (χ4v) is 5.54. The molecule has 0 aliphatic carbocycles. The zero-order chi connectivity index (χ0) is 23.1. The molecule has 4 bridgehead atoms. The molecule has 0 spiro atoms. The average molecular weight is 452 g/mol. The molecule has 7 nitrogen and oxygen atoms in total. The Balaban J connectivity index is 1.76. The van der Waals surface area contributed by atoms with Crippen molar-refractivity contribution >= 4 is 12.0 Å². The van der Waals surface area contributed by atoms with Crippen LogP contribution in [-0.4, -0.2) is 60.1 Å². The maximum absolute atomic E-state index is 12.6. The van der Waals surface area contributed by atoms with Crippen molar-refractivity contribution in [3.63, 3.8) is 0 Å². The molecule has 2 aromatic rings. The molecule has 2 saturated heterocycles. The van der Waals surface area contributed by atoms with Crippen LogP contribution in [0.15, 0.2) is 36.4 Å². The van der Waals surface area contributed by atoms with Crippen LogP contribution in [0.4, 0.5) is 0 Å². The second-order valence-electron chi connectivity index (χ2n) is 8.97. The highest BCUT2D eigenvalue weighted by molar-refractivity contribution is 5.88. The Morgan fingerprint density at radius 1 is 1.03 bits per heavy atom.